The van der Waals surface area contributed by atoms with Gasteiger partial charge in [-0.05, 0) is 38.5 Å². The molecule has 1 aliphatic rings. The Morgan fingerprint density at radius 1 is 1.55 bits per heavy atom. The third kappa shape index (κ3) is 3.00. The summed E-state index contributed by atoms with van der Waals surface area (Å²) in [6.45, 7) is 5.91. The molecule has 3 N–H and O–H groups in total. The number of nitrogens with one attached hydrogen (secondary N) is 1. The number of hydrogen-bond acceptors (Lipinski definition) is 4. The largest absolute Gasteiger partial charge is 0.348 e. The van der Waals surface area contributed by atoms with Crippen LogP contribution < -0.4 is 11.1 Å². The number of amides is 1. The molecule has 20 heavy (non-hydrogen) atoms. The molecule has 1 aliphatic carbocycles. The van der Waals surface area contributed by atoms with Crippen LogP contribution in [0.25, 0.3) is 0 Å². The van der Waals surface area contributed by atoms with E-state index in [1.165, 1.54) is 0 Å². The highest BCUT2D eigenvalue weighted by atomic mass is 16.2. The summed E-state index contributed by atoms with van der Waals surface area (Å²) in [4.78, 5) is 12.5. The van der Waals surface area contributed by atoms with Crippen molar-refractivity contribution in [1.82, 2.24) is 20.1 Å². The van der Waals surface area contributed by atoms with Crippen LogP contribution in [-0.4, -0.2) is 27.2 Å². The maximum Gasteiger partial charge on any atom is 0.227 e. The summed E-state index contributed by atoms with van der Waals surface area (Å²) in [7, 11) is 0. The molecular formula is C14H25N5O. The lowest BCUT2D eigenvalue weighted by Gasteiger charge is -2.37. The minimum atomic E-state index is -0.385. The van der Waals surface area contributed by atoms with E-state index in [2.05, 4.69) is 22.4 Å². The molecule has 0 unspecified atom stereocenters. The maximum atomic E-state index is 12.5. The number of aryl methyl sites for hydroxylation is 1. The molecule has 1 amide bonds. The molecule has 1 aromatic rings. The molecule has 1 saturated carbocycles. The maximum absolute atomic E-state index is 12.5. The molecule has 1 aromatic heterocycles. The van der Waals surface area contributed by atoms with Gasteiger partial charge in [-0.25, -0.2) is 0 Å². The zero-order chi connectivity index (χ0) is 14.6. The molecule has 1 heterocycles. The van der Waals surface area contributed by atoms with Gasteiger partial charge in [-0.3, -0.25) is 4.79 Å². The first-order valence-corrected chi connectivity index (χ1v) is 7.46. The van der Waals surface area contributed by atoms with Crippen molar-refractivity contribution in [2.75, 3.05) is 6.54 Å². The number of hydrogen-bond donors (Lipinski definition) is 2. The van der Waals surface area contributed by atoms with Crippen LogP contribution in [-0.2, 0) is 17.9 Å². The number of aromatic nitrogens is 3. The normalized spacial score (nSPS) is 26.4. The molecule has 0 saturated heterocycles. The van der Waals surface area contributed by atoms with Gasteiger partial charge in [0.05, 0.1) is 12.0 Å². The quantitative estimate of drug-likeness (QED) is 0.844. The highest BCUT2D eigenvalue weighted by Gasteiger charge is 2.39. The molecule has 2 rings (SSSR count). The Hall–Kier alpha value is -1.43. The standard InChI is InChI=1S/C14H25N5O/c1-3-19-10-17-18-12(19)8-16-13(20)14(9-15)6-4-11(2)5-7-14/h10-11H,3-9,15H2,1-2H3,(H,16,20). The second-order valence-electron chi connectivity index (χ2n) is 5.88. The highest BCUT2D eigenvalue weighted by molar-refractivity contribution is 5.82. The SMILES string of the molecule is CCn1cnnc1CNC(=O)C1(CN)CCC(C)CC1. The monoisotopic (exact) mass is 279 g/mol. The smallest absolute Gasteiger partial charge is 0.227 e. The summed E-state index contributed by atoms with van der Waals surface area (Å²) >= 11 is 0. The van der Waals surface area contributed by atoms with E-state index in [0.717, 1.165) is 38.1 Å². The summed E-state index contributed by atoms with van der Waals surface area (Å²) < 4.78 is 1.93. The van der Waals surface area contributed by atoms with Crippen LogP contribution in [0.3, 0.4) is 0 Å². The fourth-order valence-electron chi connectivity index (χ4n) is 2.87. The van der Waals surface area contributed by atoms with E-state index in [0.29, 0.717) is 19.0 Å². The van der Waals surface area contributed by atoms with Crippen LogP contribution in [0.15, 0.2) is 6.33 Å². The lowest BCUT2D eigenvalue weighted by atomic mass is 9.70. The zero-order valence-corrected chi connectivity index (χ0v) is 12.4. The first-order valence-electron chi connectivity index (χ1n) is 7.46. The number of carbonyl (C=O) groups is 1. The Bertz CT molecular complexity index is 448. The van der Waals surface area contributed by atoms with E-state index in [1.54, 1.807) is 6.33 Å². The van der Waals surface area contributed by atoms with E-state index in [1.807, 2.05) is 11.5 Å². The van der Waals surface area contributed by atoms with Gasteiger partial charge in [0.15, 0.2) is 5.82 Å². The van der Waals surface area contributed by atoms with Gasteiger partial charge >= 0.3 is 0 Å². The predicted molar refractivity (Wildman–Crippen MR) is 76.7 cm³/mol. The number of nitrogens with zero attached hydrogens (tertiary/aromatic N) is 3. The van der Waals surface area contributed by atoms with Crippen molar-refractivity contribution >= 4 is 5.91 Å². The highest BCUT2D eigenvalue weighted by Crippen LogP contribution is 2.38. The van der Waals surface area contributed by atoms with Gasteiger partial charge in [0.25, 0.3) is 0 Å². The van der Waals surface area contributed by atoms with Gasteiger partial charge < -0.3 is 15.6 Å². The van der Waals surface area contributed by atoms with Gasteiger partial charge in [0.1, 0.15) is 6.33 Å². The number of rotatable bonds is 5. The van der Waals surface area contributed by atoms with E-state index >= 15 is 0 Å². The fourth-order valence-corrected chi connectivity index (χ4v) is 2.87. The summed E-state index contributed by atoms with van der Waals surface area (Å²) in [5.41, 5.74) is 5.51. The second kappa shape index (κ2) is 6.35. The predicted octanol–water partition coefficient (Wildman–Crippen LogP) is 1.07. The first-order chi connectivity index (χ1) is 9.61. The van der Waals surface area contributed by atoms with Crippen molar-refractivity contribution in [3.63, 3.8) is 0 Å². The zero-order valence-electron chi connectivity index (χ0n) is 12.4. The van der Waals surface area contributed by atoms with E-state index in [4.69, 9.17) is 5.73 Å². The summed E-state index contributed by atoms with van der Waals surface area (Å²) in [6, 6.07) is 0. The Morgan fingerprint density at radius 2 is 2.25 bits per heavy atom. The molecule has 0 aliphatic heterocycles. The molecule has 0 spiro atoms. The van der Waals surface area contributed by atoms with Crippen molar-refractivity contribution in [2.45, 2.75) is 52.6 Å². The van der Waals surface area contributed by atoms with Crippen molar-refractivity contribution in [3.05, 3.63) is 12.2 Å². The minimum Gasteiger partial charge on any atom is -0.348 e. The topological polar surface area (TPSA) is 85.8 Å². The summed E-state index contributed by atoms with van der Waals surface area (Å²) in [6.07, 6.45) is 5.61. The van der Waals surface area contributed by atoms with E-state index < -0.39 is 0 Å². The fraction of sp³-hybridized carbons (Fsp3) is 0.786. The van der Waals surface area contributed by atoms with Crippen LogP contribution >= 0.6 is 0 Å². The van der Waals surface area contributed by atoms with Gasteiger partial charge in [0.2, 0.25) is 5.91 Å². The molecule has 112 valence electrons. The van der Waals surface area contributed by atoms with Crippen molar-refractivity contribution in [2.24, 2.45) is 17.1 Å². The van der Waals surface area contributed by atoms with Crippen LogP contribution in [0.5, 0.6) is 0 Å². The Labute approximate surface area is 120 Å². The minimum absolute atomic E-state index is 0.0672. The molecule has 0 atom stereocenters. The van der Waals surface area contributed by atoms with Crippen molar-refractivity contribution in [3.8, 4) is 0 Å². The van der Waals surface area contributed by atoms with Gasteiger partial charge in [-0.15, -0.1) is 10.2 Å². The van der Waals surface area contributed by atoms with Gasteiger partial charge in [-0.2, -0.15) is 0 Å². The molecule has 6 nitrogen and oxygen atoms in total. The first kappa shape index (κ1) is 15.0. The second-order valence-corrected chi connectivity index (χ2v) is 5.88. The Balaban J connectivity index is 1.96. The summed E-state index contributed by atoms with van der Waals surface area (Å²) in [5.74, 6) is 1.56. The van der Waals surface area contributed by atoms with Crippen LogP contribution in [0.1, 0.15) is 45.4 Å². The molecular weight excluding hydrogens is 254 g/mol. The molecule has 1 fully saturated rings. The Kier molecular flexibility index (Phi) is 4.75. The van der Waals surface area contributed by atoms with Crippen LogP contribution in [0, 0.1) is 11.3 Å². The molecule has 0 bridgehead atoms. The van der Waals surface area contributed by atoms with Gasteiger partial charge in [-0.1, -0.05) is 6.92 Å². The van der Waals surface area contributed by atoms with Crippen LogP contribution in [0.2, 0.25) is 0 Å². The van der Waals surface area contributed by atoms with Crippen LogP contribution in [0.4, 0.5) is 0 Å². The van der Waals surface area contributed by atoms with Crippen molar-refractivity contribution in [1.29, 1.82) is 0 Å². The van der Waals surface area contributed by atoms with Gasteiger partial charge in [0, 0.05) is 13.1 Å². The van der Waals surface area contributed by atoms with E-state index in [-0.39, 0.29) is 11.3 Å². The average Bonchev–Trinajstić information content (AvgIpc) is 2.93. The molecule has 0 aromatic carbocycles. The van der Waals surface area contributed by atoms with Crippen molar-refractivity contribution < 1.29 is 4.79 Å². The van der Waals surface area contributed by atoms with E-state index in [9.17, 15) is 4.79 Å². The number of nitrogens with two attached hydrogens (primary N) is 1. The molecule has 6 heteroatoms. The third-order valence-electron chi connectivity index (χ3n) is 4.55. The lowest BCUT2D eigenvalue weighted by molar-refractivity contribution is -0.133. The average molecular weight is 279 g/mol. The summed E-state index contributed by atoms with van der Waals surface area (Å²) in [5, 5.41) is 10.9. The Morgan fingerprint density at radius 3 is 2.85 bits per heavy atom. The molecule has 0 radical (unpaired) electrons. The third-order valence-corrected chi connectivity index (χ3v) is 4.55. The number of carbonyl (C=O) groups excluding carboxylic acids is 1. The lowest BCUT2D eigenvalue weighted by Crippen LogP contribution is -2.47.